The molecule has 6 heteroatoms. The van der Waals surface area contributed by atoms with E-state index in [1.807, 2.05) is 0 Å². The third-order valence-corrected chi connectivity index (χ3v) is 3.38. The highest BCUT2D eigenvalue weighted by Crippen LogP contribution is 2.31. The summed E-state index contributed by atoms with van der Waals surface area (Å²) in [4.78, 5) is 0. The van der Waals surface area contributed by atoms with Gasteiger partial charge in [0.25, 0.3) is 0 Å². The van der Waals surface area contributed by atoms with E-state index in [0.29, 0.717) is 10.2 Å². The van der Waals surface area contributed by atoms with Gasteiger partial charge in [-0.2, -0.15) is 0 Å². The van der Waals surface area contributed by atoms with E-state index >= 15 is 0 Å². The van der Waals surface area contributed by atoms with E-state index in [0.717, 1.165) is 0 Å². The van der Waals surface area contributed by atoms with Gasteiger partial charge in [-0.1, -0.05) is 12.1 Å². The summed E-state index contributed by atoms with van der Waals surface area (Å²) >= 11 is 3.18. The third-order valence-electron chi connectivity index (χ3n) is 2.74. The number of halogens is 3. The van der Waals surface area contributed by atoms with Gasteiger partial charge < -0.3 is 4.42 Å². The van der Waals surface area contributed by atoms with Crippen molar-refractivity contribution in [2.45, 2.75) is 13.0 Å². The molecule has 1 aromatic carbocycles. The Hall–Kier alpha value is -1.24. The summed E-state index contributed by atoms with van der Waals surface area (Å²) in [5.41, 5.74) is 3.43. The molecule has 2 rings (SSSR count). The van der Waals surface area contributed by atoms with Crippen LogP contribution in [0.1, 0.15) is 22.7 Å². The first-order valence-corrected chi connectivity index (χ1v) is 5.99. The van der Waals surface area contributed by atoms with Crippen LogP contribution in [0.3, 0.4) is 0 Å². The van der Waals surface area contributed by atoms with E-state index in [-0.39, 0.29) is 11.1 Å². The summed E-state index contributed by atoms with van der Waals surface area (Å²) in [5.74, 6) is 3.64. The zero-order chi connectivity index (χ0) is 13.3. The van der Waals surface area contributed by atoms with E-state index in [1.165, 1.54) is 25.3 Å². The van der Waals surface area contributed by atoms with Crippen LogP contribution in [0.5, 0.6) is 0 Å². The molecule has 3 nitrogen and oxygen atoms in total. The van der Waals surface area contributed by atoms with Crippen LogP contribution in [0, 0.1) is 18.6 Å². The second-order valence-electron chi connectivity index (χ2n) is 3.85. The molecule has 0 radical (unpaired) electrons. The fourth-order valence-electron chi connectivity index (χ4n) is 1.74. The number of furan rings is 1. The lowest BCUT2D eigenvalue weighted by Gasteiger charge is -2.17. The molecule has 0 saturated heterocycles. The monoisotopic (exact) mass is 316 g/mol. The molecule has 18 heavy (non-hydrogen) atoms. The van der Waals surface area contributed by atoms with Crippen LogP contribution in [0.2, 0.25) is 0 Å². The fourth-order valence-corrected chi connectivity index (χ4v) is 2.21. The highest BCUT2D eigenvalue weighted by atomic mass is 79.9. The van der Waals surface area contributed by atoms with Crippen LogP contribution in [-0.4, -0.2) is 0 Å². The van der Waals surface area contributed by atoms with Crippen LogP contribution in [0.4, 0.5) is 8.78 Å². The van der Waals surface area contributed by atoms with Crippen molar-refractivity contribution in [2.75, 3.05) is 0 Å². The van der Waals surface area contributed by atoms with E-state index in [9.17, 15) is 8.78 Å². The molecule has 0 fully saturated rings. The summed E-state index contributed by atoms with van der Waals surface area (Å²) < 4.78 is 32.9. The minimum absolute atomic E-state index is 0.128. The standard InChI is InChI=1S/C12H11BrF2N2O/c1-6-2-3-7(10(15)9(6)14)11(17-16)8-4-5-18-12(8)13/h2-5,11,17H,16H2,1H3. The molecule has 2 aromatic rings. The maximum atomic E-state index is 13.9. The van der Waals surface area contributed by atoms with Gasteiger partial charge in [-0.05, 0) is 34.5 Å². The minimum Gasteiger partial charge on any atom is -0.457 e. The summed E-state index contributed by atoms with van der Waals surface area (Å²) in [6, 6.07) is 3.95. The SMILES string of the molecule is Cc1ccc(C(NN)c2ccoc2Br)c(F)c1F. The molecule has 1 unspecified atom stereocenters. The Kier molecular flexibility index (Phi) is 3.79. The quantitative estimate of drug-likeness (QED) is 0.675. The molecule has 0 aliphatic carbocycles. The smallest absolute Gasteiger partial charge is 0.174 e. The largest absolute Gasteiger partial charge is 0.457 e. The van der Waals surface area contributed by atoms with Crippen molar-refractivity contribution in [2.24, 2.45) is 5.84 Å². The summed E-state index contributed by atoms with van der Waals surface area (Å²) in [5, 5.41) is 0. The van der Waals surface area contributed by atoms with Gasteiger partial charge in [0.1, 0.15) is 0 Å². The molecule has 3 N–H and O–H groups in total. The van der Waals surface area contributed by atoms with Crippen LogP contribution in [0.15, 0.2) is 33.5 Å². The summed E-state index contributed by atoms with van der Waals surface area (Å²) in [6.07, 6.45) is 1.44. The number of nitrogens with two attached hydrogens (primary N) is 1. The Morgan fingerprint density at radius 2 is 1.94 bits per heavy atom. The van der Waals surface area contributed by atoms with Gasteiger partial charge in [-0.25, -0.2) is 14.2 Å². The summed E-state index contributed by atoms with van der Waals surface area (Å²) in [6.45, 7) is 1.50. The number of nitrogens with one attached hydrogen (secondary N) is 1. The lowest BCUT2D eigenvalue weighted by Crippen LogP contribution is -2.29. The maximum Gasteiger partial charge on any atom is 0.174 e. The van der Waals surface area contributed by atoms with Crippen molar-refractivity contribution >= 4 is 15.9 Å². The van der Waals surface area contributed by atoms with Crippen molar-refractivity contribution in [3.63, 3.8) is 0 Å². The van der Waals surface area contributed by atoms with Crippen LogP contribution < -0.4 is 11.3 Å². The molecular formula is C12H11BrF2N2O. The number of aryl methyl sites for hydroxylation is 1. The average Bonchev–Trinajstić information content (AvgIpc) is 2.77. The van der Waals surface area contributed by atoms with E-state index in [1.54, 1.807) is 6.07 Å². The van der Waals surface area contributed by atoms with Crippen LogP contribution >= 0.6 is 15.9 Å². The molecule has 0 spiro atoms. The van der Waals surface area contributed by atoms with Crippen molar-refractivity contribution in [3.8, 4) is 0 Å². The Bertz CT molecular complexity index is 571. The van der Waals surface area contributed by atoms with Gasteiger partial charge in [0.2, 0.25) is 0 Å². The predicted molar refractivity (Wildman–Crippen MR) is 66.7 cm³/mol. The predicted octanol–water partition coefficient (Wildman–Crippen LogP) is 3.18. The van der Waals surface area contributed by atoms with Gasteiger partial charge in [0.15, 0.2) is 16.3 Å². The Morgan fingerprint density at radius 3 is 2.50 bits per heavy atom. The number of hydrazine groups is 1. The van der Waals surface area contributed by atoms with Gasteiger partial charge in [0.05, 0.1) is 12.3 Å². The molecule has 0 bridgehead atoms. The second kappa shape index (κ2) is 5.17. The van der Waals surface area contributed by atoms with Gasteiger partial charge in [0, 0.05) is 11.1 Å². The lowest BCUT2D eigenvalue weighted by atomic mass is 9.99. The fraction of sp³-hybridized carbons (Fsp3) is 0.167. The molecule has 96 valence electrons. The molecule has 0 amide bonds. The van der Waals surface area contributed by atoms with E-state index < -0.39 is 17.7 Å². The van der Waals surface area contributed by atoms with Gasteiger partial charge >= 0.3 is 0 Å². The van der Waals surface area contributed by atoms with Crippen LogP contribution in [0.25, 0.3) is 0 Å². The third kappa shape index (κ3) is 2.19. The molecule has 1 aromatic heterocycles. The average molecular weight is 317 g/mol. The molecular weight excluding hydrogens is 306 g/mol. The van der Waals surface area contributed by atoms with Crippen molar-refractivity contribution in [3.05, 3.63) is 57.5 Å². The summed E-state index contributed by atoms with van der Waals surface area (Å²) in [7, 11) is 0. The van der Waals surface area contributed by atoms with E-state index in [4.69, 9.17) is 10.3 Å². The van der Waals surface area contributed by atoms with Crippen molar-refractivity contribution in [1.82, 2.24) is 5.43 Å². The first-order chi connectivity index (χ1) is 8.56. The second-order valence-corrected chi connectivity index (χ2v) is 4.57. The van der Waals surface area contributed by atoms with E-state index in [2.05, 4.69) is 21.4 Å². The number of hydrogen-bond donors (Lipinski definition) is 2. The van der Waals surface area contributed by atoms with Crippen molar-refractivity contribution in [1.29, 1.82) is 0 Å². The first-order valence-electron chi connectivity index (χ1n) is 5.19. The lowest BCUT2D eigenvalue weighted by molar-refractivity contribution is 0.475. The normalized spacial score (nSPS) is 12.7. The Labute approximate surface area is 111 Å². The molecule has 0 aliphatic heterocycles. The molecule has 0 aliphatic rings. The zero-order valence-electron chi connectivity index (χ0n) is 9.51. The van der Waals surface area contributed by atoms with Crippen LogP contribution in [-0.2, 0) is 0 Å². The Balaban J connectivity index is 2.53. The highest BCUT2D eigenvalue weighted by molar-refractivity contribution is 9.10. The molecule has 1 heterocycles. The highest BCUT2D eigenvalue weighted by Gasteiger charge is 2.23. The Morgan fingerprint density at radius 1 is 1.22 bits per heavy atom. The maximum absolute atomic E-state index is 13.9. The first kappa shape index (κ1) is 13.2. The zero-order valence-corrected chi connectivity index (χ0v) is 11.1. The molecule has 0 saturated carbocycles. The minimum atomic E-state index is -0.911. The number of rotatable bonds is 3. The topological polar surface area (TPSA) is 51.2 Å². The van der Waals surface area contributed by atoms with Gasteiger partial charge in [-0.3, -0.25) is 5.84 Å². The van der Waals surface area contributed by atoms with Gasteiger partial charge in [-0.15, -0.1) is 0 Å². The van der Waals surface area contributed by atoms with Crippen molar-refractivity contribution < 1.29 is 13.2 Å². The molecule has 1 atom stereocenters. The number of hydrogen-bond acceptors (Lipinski definition) is 3. The number of benzene rings is 1.